The first-order valence-electron chi connectivity index (χ1n) is 19.0. The van der Waals surface area contributed by atoms with E-state index in [0.717, 1.165) is 38.5 Å². The minimum absolute atomic E-state index is 0.588. The zero-order valence-corrected chi connectivity index (χ0v) is 30.1. The second-order valence-electron chi connectivity index (χ2n) is 14.5. The molecule has 0 saturated heterocycles. The molecular weight excluding hydrogens is 683 g/mol. The maximum Gasteiger partial charge on any atom is 0.238 e. The van der Waals surface area contributed by atoms with Gasteiger partial charge in [-0.25, -0.2) is 4.98 Å². The van der Waals surface area contributed by atoms with Crippen molar-refractivity contribution in [1.82, 2.24) is 23.9 Å². The Morgan fingerprint density at radius 3 is 1.36 bits per heavy atom. The van der Waals surface area contributed by atoms with Gasteiger partial charge in [0, 0.05) is 43.4 Å². The van der Waals surface area contributed by atoms with E-state index >= 15 is 0 Å². The Hall–Kier alpha value is -7.63. The smallest absolute Gasteiger partial charge is 0.238 e. The van der Waals surface area contributed by atoms with Crippen LogP contribution in [0.4, 0.5) is 0 Å². The topological polar surface area (TPSA) is 48.0 Å². The summed E-state index contributed by atoms with van der Waals surface area (Å²) in [6, 6.07) is 66.8. The van der Waals surface area contributed by atoms with Crippen molar-refractivity contribution in [3.63, 3.8) is 0 Å². The summed E-state index contributed by atoms with van der Waals surface area (Å²) in [5.74, 6) is 1.86. The SMILES string of the molecule is c1ccc(-c2ccc3c(c2)c2cc(-c4ccc5c(c4)c4ccccc4n5-c4nc(-c5ccccc5)nc(-c5ccccc5)n4)cc4c5ccccc5n3c42)cc1. The summed E-state index contributed by atoms with van der Waals surface area (Å²) in [5.41, 5.74) is 12.5. The maximum atomic E-state index is 5.13. The molecule has 0 aliphatic rings. The summed E-state index contributed by atoms with van der Waals surface area (Å²) in [7, 11) is 0. The summed E-state index contributed by atoms with van der Waals surface area (Å²) < 4.78 is 4.64. The zero-order valence-electron chi connectivity index (χ0n) is 30.1. The van der Waals surface area contributed by atoms with Crippen molar-refractivity contribution in [2.45, 2.75) is 0 Å². The summed E-state index contributed by atoms with van der Waals surface area (Å²) in [4.78, 5) is 15.2. The second-order valence-corrected chi connectivity index (χ2v) is 14.5. The molecule has 4 aromatic heterocycles. The summed E-state index contributed by atoms with van der Waals surface area (Å²) in [6.07, 6.45) is 0. The standard InChI is InChI=1S/C51H31N5/c1-4-14-32(15-5-1)35-24-26-46-41(28-35)43-31-37(30-42-39-21-11-12-22-44(39)55(46)48(42)43)36-25-27-47-40(29-36)38-20-10-13-23-45(38)56(47)51-53-49(33-16-6-2-7-17-33)52-50(54-51)34-18-8-3-9-19-34/h1-31H. The van der Waals surface area contributed by atoms with E-state index in [-0.39, 0.29) is 0 Å². The third-order valence-corrected chi connectivity index (χ3v) is 11.3. The van der Waals surface area contributed by atoms with Gasteiger partial charge in [0.1, 0.15) is 0 Å². The van der Waals surface area contributed by atoms with E-state index in [2.05, 4.69) is 136 Å². The molecule has 12 rings (SSSR count). The van der Waals surface area contributed by atoms with Crippen LogP contribution in [-0.4, -0.2) is 23.9 Å². The van der Waals surface area contributed by atoms with Gasteiger partial charge < -0.3 is 4.40 Å². The predicted octanol–water partition coefficient (Wildman–Crippen LogP) is 12.8. The van der Waals surface area contributed by atoms with Gasteiger partial charge in [-0.05, 0) is 70.8 Å². The van der Waals surface area contributed by atoms with Gasteiger partial charge in [-0.3, -0.25) is 4.57 Å². The van der Waals surface area contributed by atoms with Crippen molar-refractivity contribution in [3.8, 4) is 51.0 Å². The number of rotatable bonds is 5. The highest BCUT2D eigenvalue weighted by molar-refractivity contribution is 6.25. The maximum absolute atomic E-state index is 5.13. The Morgan fingerprint density at radius 1 is 0.286 bits per heavy atom. The molecule has 0 saturated carbocycles. The van der Waals surface area contributed by atoms with Gasteiger partial charge in [0.2, 0.25) is 5.95 Å². The molecule has 0 bridgehead atoms. The highest BCUT2D eigenvalue weighted by Crippen LogP contribution is 2.43. The number of hydrogen-bond acceptors (Lipinski definition) is 3. The number of benzene rings is 8. The van der Waals surface area contributed by atoms with Crippen LogP contribution in [0.25, 0.3) is 111 Å². The fourth-order valence-electron chi connectivity index (χ4n) is 8.74. The Bertz CT molecular complexity index is 3400. The van der Waals surface area contributed by atoms with Crippen molar-refractivity contribution in [2.24, 2.45) is 0 Å². The van der Waals surface area contributed by atoms with E-state index in [9.17, 15) is 0 Å². The van der Waals surface area contributed by atoms with E-state index in [4.69, 9.17) is 15.0 Å². The van der Waals surface area contributed by atoms with Crippen LogP contribution in [0.3, 0.4) is 0 Å². The Morgan fingerprint density at radius 2 is 0.714 bits per heavy atom. The van der Waals surface area contributed by atoms with Crippen LogP contribution in [0, 0.1) is 0 Å². The molecule has 8 aromatic carbocycles. The molecular formula is C51H31N5. The lowest BCUT2D eigenvalue weighted by Gasteiger charge is -2.11. The normalized spacial score (nSPS) is 11.9. The molecule has 5 heteroatoms. The van der Waals surface area contributed by atoms with Gasteiger partial charge >= 0.3 is 0 Å². The lowest BCUT2D eigenvalue weighted by Crippen LogP contribution is -2.06. The largest absolute Gasteiger partial charge is 0.308 e. The Balaban J connectivity index is 1.09. The molecule has 0 spiro atoms. The minimum Gasteiger partial charge on any atom is -0.308 e. The number of aromatic nitrogens is 5. The van der Waals surface area contributed by atoms with E-state index in [1.54, 1.807) is 0 Å². The first kappa shape index (κ1) is 30.8. The molecule has 12 aromatic rings. The molecule has 0 aliphatic carbocycles. The van der Waals surface area contributed by atoms with Crippen molar-refractivity contribution < 1.29 is 0 Å². The van der Waals surface area contributed by atoms with Crippen LogP contribution in [0.1, 0.15) is 0 Å². The lowest BCUT2D eigenvalue weighted by molar-refractivity contribution is 0.953. The van der Waals surface area contributed by atoms with Crippen LogP contribution in [0.15, 0.2) is 188 Å². The van der Waals surface area contributed by atoms with Crippen LogP contribution in [0.5, 0.6) is 0 Å². The predicted molar refractivity (Wildman–Crippen MR) is 231 cm³/mol. The molecule has 0 amide bonds. The highest BCUT2D eigenvalue weighted by atomic mass is 15.2. The molecule has 56 heavy (non-hydrogen) atoms. The fraction of sp³-hybridized carbons (Fsp3) is 0. The number of hydrogen-bond donors (Lipinski definition) is 0. The van der Waals surface area contributed by atoms with Gasteiger partial charge in [-0.15, -0.1) is 0 Å². The number of para-hydroxylation sites is 2. The minimum atomic E-state index is 0.588. The van der Waals surface area contributed by atoms with E-state index in [0.29, 0.717) is 17.6 Å². The monoisotopic (exact) mass is 713 g/mol. The molecule has 0 radical (unpaired) electrons. The van der Waals surface area contributed by atoms with Gasteiger partial charge in [-0.2, -0.15) is 9.97 Å². The van der Waals surface area contributed by atoms with Crippen LogP contribution in [-0.2, 0) is 0 Å². The number of nitrogens with zero attached hydrogens (tertiary/aromatic N) is 5. The molecule has 0 atom stereocenters. The molecule has 4 heterocycles. The van der Waals surface area contributed by atoms with Crippen molar-refractivity contribution in [2.75, 3.05) is 0 Å². The fourth-order valence-corrected chi connectivity index (χ4v) is 8.74. The summed E-state index contributed by atoms with van der Waals surface area (Å²) in [5, 5.41) is 7.34. The third kappa shape index (κ3) is 4.58. The summed E-state index contributed by atoms with van der Waals surface area (Å²) in [6.45, 7) is 0. The molecule has 0 N–H and O–H groups in total. The van der Waals surface area contributed by atoms with E-state index in [1.165, 1.54) is 54.8 Å². The zero-order chi connectivity index (χ0) is 36.7. The molecule has 5 nitrogen and oxygen atoms in total. The average molecular weight is 714 g/mol. The van der Waals surface area contributed by atoms with Gasteiger partial charge in [0.05, 0.1) is 27.6 Å². The second kappa shape index (κ2) is 11.9. The Labute approximate surface area is 321 Å². The van der Waals surface area contributed by atoms with Crippen molar-refractivity contribution in [1.29, 1.82) is 0 Å². The Kier molecular flexibility index (Phi) is 6.56. The van der Waals surface area contributed by atoms with Crippen molar-refractivity contribution in [3.05, 3.63) is 188 Å². The molecule has 260 valence electrons. The quantitative estimate of drug-likeness (QED) is 0.178. The van der Waals surface area contributed by atoms with Gasteiger partial charge in [-0.1, -0.05) is 140 Å². The number of fused-ring (bicyclic) bond motifs is 9. The highest BCUT2D eigenvalue weighted by Gasteiger charge is 2.21. The third-order valence-electron chi connectivity index (χ3n) is 11.3. The molecule has 0 unspecified atom stereocenters. The lowest BCUT2D eigenvalue weighted by atomic mass is 9.97. The van der Waals surface area contributed by atoms with Crippen LogP contribution < -0.4 is 0 Å². The first-order valence-corrected chi connectivity index (χ1v) is 19.0. The van der Waals surface area contributed by atoms with E-state index in [1.807, 2.05) is 60.7 Å². The molecule has 0 fully saturated rings. The summed E-state index contributed by atoms with van der Waals surface area (Å²) >= 11 is 0. The van der Waals surface area contributed by atoms with Crippen LogP contribution in [0.2, 0.25) is 0 Å². The first-order chi connectivity index (χ1) is 27.8. The van der Waals surface area contributed by atoms with E-state index < -0.39 is 0 Å². The van der Waals surface area contributed by atoms with Crippen LogP contribution >= 0.6 is 0 Å². The average Bonchev–Trinajstić information content (AvgIpc) is 3.91. The van der Waals surface area contributed by atoms with Gasteiger partial charge in [0.15, 0.2) is 11.6 Å². The van der Waals surface area contributed by atoms with Gasteiger partial charge in [0.25, 0.3) is 0 Å². The van der Waals surface area contributed by atoms with Crippen molar-refractivity contribution >= 4 is 59.9 Å². The molecule has 0 aliphatic heterocycles.